The van der Waals surface area contributed by atoms with Crippen LogP contribution in [-0.2, 0) is 0 Å². The Hall–Kier alpha value is -1.47. The van der Waals surface area contributed by atoms with Crippen LogP contribution in [0.15, 0.2) is 48.6 Å². The quantitative estimate of drug-likeness (QED) is 0.392. The van der Waals surface area contributed by atoms with Crippen molar-refractivity contribution in [3.8, 4) is 0 Å². The number of rotatable bonds is 3. The molecule has 7 heteroatoms. The average molecular weight is 328 g/mol. The lowest BCUT2D eigenvalue weighted by molar-refractivity contribution is 0.318. The molecule has 2 rings (SSSR count). The van der Waals surface area contributed by atoms with Crippen LogP contribution in [0.25, 0.3) is 0 Å². The van der Waals surface area contributed by atoms with Gasteiger partial charge in [0.2, 0.25) is 0 Å². The minimum Gasteiger partial charge on any atom is -0.439 e. The van der Waals surface area contributed by atoms with E-state index in [2.05, 4.69) is 26.1 Å². The molecule has 0 aliphatic rings. The molecule has 2 aromatic rings. The monoisotopic (exact) mass is 327 g/mol. The summed E-state index contributed by atoms with van der Waals surface area (Å²) in [5.74, 6) is 0.0687. The van der Waals surface area contributed by atoms with E-state index in [1.54, 1.807) is 18.4 Å². The lowest BCUT2D eigenvalue weighted by Gasteiger charge is -2.04. The van der Waals surface area contributed by atoms with Crippen LogP contribution in [0.1, 0.15) is 11.3 Å². The summed E-state index contributed by atoms with van der Waals surface area (Å²) in [5, 5.41) is 12.1. The van der Waals surface area contributed by atoms with Crippen LogP contribution in [-0.4, -0.2) is 16.0 Å². The Morgan fingerprint density at radius 3 is 2.89 bits per heavy atom. The molecule has 1 heterocycles. The molecule has 1 aromatic carbocycles. The molecule has 0 unspecified atom stereocenters. The number of nitrogens with zero attached hydrogens (tertiary/aromatic N) is 2. The van der Waals surface area contributed by atoms with Crippen LogP contribution in [0.2, 0.25) is 0 Å². The van der Waals surface area contributed by atoms with Gasteiger partial charge in [0.25, 0.3) is 5.22 Å². The highest BCUT2D eigenvalue weighted by atomic mass is 79.9. The number of aryl methyl sites for hydroxylation is 1. The number of oxazole rings is 1. The van der Waals surface area contributed by atoms with E-state index in [4.69, 9.17) is 15.4 Å². The van der Waals surface area contributed by atoms with Crippen LogP contribution in [0, 0.1) is 6.92 Å². The van der Waals surface area contributed by atoms with Gasteiger partial charge in [-0.05, 0) is 52.8 Å². The molecule has 0 aliphatic heterocycles. The van der Waals surface area contributed by atoms with Gasteiger partial charge in [-0.15, -0.1) is 0 Å². The molecule has 94 valence electrons. The zero-order valence-corrected chi connectivity index (χ0v) is 11.8. The zero-order chi connectivity index (χ0) is 13.1. The Balaban J connectivity index is 2.25. The summed E-state index contributed by atoms with van der Waals surface area (Å²) >= 11 is 4.82. The molecule has 0 saturated carbocycles. The van der Waals surface area contributed by atoms with E-state index in [1.807, 2.05) is 13.0 Å². The van der Waals surface area contributed by atoms with Gasteiger partial charge < -0.3 is 15.4 Å². The van der Waals surface area contributed by atoms with Crippen molar-refractivity contribution in [3.63, 3.8) is 0 Å². The second-order valence-electron chi connectivity index (χ2n) is 3.49. The molecular weight excluding hydrogens is 318 g/mol. The number of hydrogen-bond donors (Lipinski definition) is 2. The van der Waals surface area contributed by atoms with E-state index in [1.165, 1.54) is 11.8 Å². The van der Waals surface area contributed by atoms with Crippen molar-refractivity contribution in [2.75, 3.05) is 0 Å². The molecule has 0 aliphatic carbocycles. The SMILES string of the molecule is Cc1coc(Sc2ccc(/C(N)=N/O)cc2Br)n1. The summed E-state index contributed by atoms with van der Waals surface area (Å²) in [7, 11) is 0. The highest BCUT2D eigenvalue weighted by molar-refractivity contribution is 9.10. The molecule has 0 atom stereocenters. The summed E-state index contributed by atoms with van der Waals surface area (Å²) in [5.41, 5.74) is 6.98. The van der Waals surface area contributed by atoms with E-state index in [0.717, 1.165) is 15.1 Å². The maximum atomic E-state index is 8.60. The van der Waals surface area contributed by atoms with Crippen molar-refractivity contribution in [2.24, 2.45) is 10.9 Å². The van der Waals surface area contributed by atoms with Crippen molar-refractivity contribution >= 4 is 33.5 Å². The number of hydrogen-bond acceptors (Lipinski definition) is 5. The number of oxime groups is 1. The van der Waals surface area contributed by atoms with Gasteiger partial charge in [-0.2, -0.15) is 0 Å². The third kappa shape index (κ3) is 2.85. The summed E-state index contributed by atoms with van der Waals surface area (Å²) in [4.78, 5) is 5.14. The maximum Gasteiger partial charge on any atom is 0.260 e. The van der Waals surface area contributed by atoms with Gasteiger partial charge in [-0.25, -0.2) is 4.98 Å². The fourth-order valence-corrected chi connectivity index (χ4v) is 2.66. The fourth-order valence-electron chi connectivity index (χ4n) is 1.27. The van der Waals surface area contributed by atoms with E-state index in [9.17, 15) is 0 Å². The third-order valence-corrected chi connectivity index (χ3v) is 3.99. The van der Waals surface area contributed by atoms with E-state index in [0.29, 0.717) is 10.8 Å². The fraction of sp³-hybridized carbons (Fsp3) is 0.0909. The second kappa shape index (κ2) is 5.45. The third-order valence-electron chi connectivity index (χ3n) is 2.13. The van der Waals surface area contributed by atoms with Gasteiger partial charge in [-0.3, -0.25) is 0 Å². The maximum absolute atomic E-state index is 8.60. The zero-order valence-electron chi connectivity index (χ0n) is 9.42. The number of amidine groups is 1. The predicted molar refractivity (Wildman–Crippen MR) is 72.0 cm³/mol. The first-order valence-electron chi connectivity index (χ1n) is 4.97. The molecule has 0 bridgehead atoms. The lowest BCUT2D eigenvalue weighted by Crippen LogP contribution is -2.12. The van der Waals surface area contributed by atoms with Gasteiger partial charge >= 0.3 is 0 Å². The molecule has 3 N–H and O–H groups in total. The Morgan fingerprint density at radius 2 is 2.33 bits per heavy atom. The van der Waals surface area contributed by atoms with Crippen molar-refractivity contribution in [2.45, 2.75) is 17.0 Å². The van der Waals surface area contributed by atoms with E-state index in [-0.39, 0.29) is 5.84 Å². The highest BCUT2D eigenvalue weighted by Gasteiger charge is 2.09. The Morgan fingerprint density at radius 1 is 1.56 bits per heavy atom. The van der Waals surface area contributed by atoms with Crippen molar-refractivity contribution < 1.29 is 9.62 Å². The molecule has 18 heavy (non-hydrogen) atoms. The van der Waals surface area contributed by atoms with Crippen molar-refractivity contribution in [1.82, 2.24) is 4.98 Å². The Kier molecular flexibility index (Phi) is 3.93. The summed E-state index contributed by atoms with van der Waals surface area (Å²) in [6.45, 7) is 1.87. The molecule has 0 radical (unpaired) electrons. The average Bonchev–Trinajstić information content (AvgIpc) is 2.76. The highest BCUT2D eigenvalue weighted by Crippen LogP contribution is 2.33. The molecule has 0 fully saturated rings. The van der Waals surface area contributed by atoms with Gasteiger partial charge in [0, 0.05) is 14.9 Å². The summed E-state index contributed by atoms with van der Waals surface area (Å²) in [6.07, 6.45) is 1.60. The molecule has 0 amide bonds. The van der Waals surface area contributed by atoms with Crippen molar-refractivity contribution in [1.29, 1.82) is 0 Å². The largest absolute Gasteiger partial charge is 0.439 e. The van der Waals surface area contributed by atoms with Gasteiger partial charge in [-0.1, -0.05) is 5.16 Å². The van der Waals surface area contributed by atoms with E-state index >= 15 is 0 Å². The van der Waals surface area contributed by atoms with Crippen LogP contribution in [0.3, 0.4) is 0 Å². The number of halogens is 1. The van der Waals surface area contributed by atoms with Crippen molar-refractivity contribution in [3.05, 3.63) is 40.2 Å². The standard InChI is InChI=1S/C11H10BrN3O2S/c1-6-5-17-11(14-6)18-9-3-2-7(4-8(9)12)10(13)15-16/h2-5,16H,1H3,(H2,13,15). The van der Waals surface area contributed by atoms with Crippen LogP contribution in [0.5, 0.6) is 0 Å². The second-order valence-corrected chi connectivity index (χ2v) is 5.33. The first-order valence-corrected chi connectivity index (χ1v) is 6.58. The lowest BCUT2D eigenvalue weighted by atomic mass is 10.2. The molecule has 0 saturated heterocycles. The predicted octanol–water partition coefficient (Wildman–Crippen LogP) is 2.99. The minimum atomic E-state index is 0.0687. The number of nitrogens with two attached hydrogens (primary N) is 1. The van der Waals surface area contributed by atoms with Crippen LogP contribution >= 0.6 is 27.7 Å². The smallest absolute Gasteiger partial charge is 0.260 e. The van der Waals surface area contributed by atoms with E-state index < -0.39 is 0 Å². The molecule has 0 spiro atoms. The van der Waals surface area contributed by atoms with Gasteiger partial charge in [0.1, 0.15) is 6.26 Å². The van der Waals surface area contributed by atoms with Crippen LogP contribution in [0.4, 0.5) is 0 Å². The molecular formula is C11H10BrN3O2S. The van der Waals surface area contributed by atoms with Crippen LogP contribution < -0.4 is 5.73 Å². The summed E-state index contributed by atoms with van der Waals surface area (Å²) in [6, 6.07) is 5.38. The van der Waals surface area contributed by atoms with Gasteiger partial charge in [0.15, 0.2) is 5.84 Å². The first kappa shape index (κ1) is 13.0. The minimum absolute atomic E-state index is 0.0687. The topological polar surface area (TPSA) is 84.6 Å². The van der Waals surface area contributed by atoms with Gasteiger partial charge in [0.05, 0.1) is 5.69 Å². The number of aromatic nitrogens is 1. The molecule has 1 aromatic heterocycles. The summed E-state index contributed by atoms with van der Waals surface area (Å²) < 4.78 is 6.09. The first-order chi connectivity index (χ1) is 8.60. The Labute approximate surface area is 116 Å². The molecule has 5 nitrogen and oxygen atoms in total. The Bertz CT molecular complexity index is 598. The normalized spacial score (nSPS) is 11.8. The number of benzene rings is 1.